The number of aryl methyl sites for hydroxylation is 1. The van der Waals surface area contributed by atoms with Gasteiger partial charge in [-0.3, -0.25) is 9.79 Å². The van der Waals surface area contributed by atoms with Crippen LogP contribution >= 0.6 is 0 Å². The Hall–Kier alpha value is -2.83. The molecule has 1 saturated heterocycles. The van der Waals surface area contributed by atoms with Gasteiger partial charge >= 0.3 is 0 Å². The molecular weight excluding hydrogens is 354 g/mol. The van der Waals surface area contributed by atoms with Crippen molar-refractivity contribution in [3.8, 4) is 5.75 Å². The van der Waals surface area contributed by atoms with E-state index in [0.717, 1.165) is 62.1 Å². The number of ether oxygens (including phenoxy) is 1. The van der Waals surface area contributed by atoms with E-state index in [0.29, 0.717) is 12.5 Å². The van der Waals surface area contributed by atoms with Gasteiger partial charge in [0, 0.05) is 38.7 Å². The third-order valence-electron chi connectivity index (χ3n) is 5.55. The van der Waals surface area contributed by atoms with Crippen molar-refractivity contribution < 1.29 is 9.53 Å². The second-order valence-electron chi connectivity index (χ2n) is 7.42. The van der Waals surface area contributed by atoms with Crippen molar-refractivity contribution in [1.82, 2.24) is 14.7 Å². The van der Waals surface area contributed by atoms with Crippen LogP contribution in [0.5, 0.6) is 5.75 Å². The Labute approximate surface area is 166 Å². The van der Waals surface area contributed by atoms with Crippen LogP contribution in [-0.4, -0.2) is 78.7 Å². The van der Waals surface area contributed by atoms with Gasteiger partial charge < -0.3 is 19.4 Å². The maximum absolute atomic E-state index is 12.6. The van der Waals surface area contributed by atoms with E-state index in [-0.39, 0.29) is 5.91 Å². The number of nitrogens with zero attached hydrogens (tertiary/aromatic N) is 5. The van der Waals surface area contributed by atoms with Crippen LogP contribution < -0.4 is 4.74 Å². The lowest BCUT2D eigenvalue weighted by atomic mass is 10.1. The molecule has 0 unspecified atom stereocenters. The molecule has 7 nitrogen and oxygen atoms in total. The van der Waals surface area contributed by atoms with Crippen molar-refractivity contribution in [2.75, 3.05) is 39.8 Å². The Bertz CT molecular complexity index is 824. The van der Waals surface area contributed by atoms with Crippen molar-refractivity contribution in [1.29, 1.82) is 0 Å². The molecule has 3 aliphatic rings. The van der Waals surface area contributed by atoms with Crippen LogP contribution in [0.3, 0.4) is 0 Å². The second-order valence-corrected chi connectivity index (χ2v) is 7.42. The molecule has 1 amide bonds. The number of hydrogen-bond donors (Lipinski definition) is 0. The summed E-state index contributed by atoms with van der Waals surface area (Å²) >= 11 is 0. The van der Waals surface area contributed by atoms with Crippen LogP contribution in [0.1, 0.15) is 18.9 Å². The van der Waals surface area contributed by atoms with Gasteiger partial charge in [-0.05, 0) is 31.0 Å². The highest BCUT2D eigenvalue weighted by atomic mass is 16.5. The third kappa shape index (κ3) is 3.88. The fourth-order valence-electron chi connectivity index (χ4n) is 3.78. The Morgan fingerprint density at radius 1 is 1.25 bits per heavy atom. The van der Waals surface area contributed by atoms with Crippen LogP contribution in [-0.2, 0) is 11.2 Å². The number of methoxy groups -OCH3 is 1. The molecule has 4 rings (SSSR count). The summed E-state index contributed by atoms with van der Waals surface area (Å²) < 4.78 is 5.25. The summed E-state index contributed by atoms with van der Waals surface area (Å²) in [6.45, 7) is 6.04. The van der Waals surface area contributed by atoms with Crippen LogP contribution in [0.2, 0.25) is 0 Å². The van der Waals surface area contributed by atoms with E-state index in [2.05, 4.69) is 32.8 Å². The summed E-state index contributed by atoms with van der Waals surface area (Å²) in [4.78, 5) is 28.1. The Morgan fingerprint density at radius 3 is 2.86 bits per heavy atom. The van der Waals surface area contributed by atoms with Gasteiger partial charge in [-0.2, -0.15) is 0 Å². The summed E-state index contributed by atoms with van der Waals surface area (Å²) in [5, 5.41) is 0. The largest absolute Gasteiger partial charge is 0.497 e. The molecule has 3 heterocycles. The lowest BCUT2D eigenvalue weighted by Gasteiger charge is -2.37. The first-order valence-corrected chi connectivity index (χ1v) is 9.88. The zero-order chi connectivity index (χ0) is 19.5. The average Bonchev–Trinajstić information content (AvgIpc) is 3.12. The molecule has 1 aromatic carbocycles. The number of amides is 1. The van der Waals surface area contributed by atoms with E-state index >= 15 is 0 Å². The van der Waals surface area contributed by atoms with Crippen molar-refractivity contribution in [3.05, 3.63) is 41.7 Å². The van der Waals surface area contributed by atoms with Crippen molar-refractivity contribution in [2.45, 2.75) is 25.8 Å². The average molecular weight is 381 g/mol. The fourth-order valence-corrected chi connectivity index (χ4v) is 3.78. The molecule has 0 saturated carbocycles. The van der Waals surface area contributed by atoms with Crippen molar-refractivity contribution in [2.24, 2.45) is 9.98 Å². The summed E-state index contributed by atoms with van der Waals surface area (Å²) in [7, 11) is 1.66. The minimum Gasteiger partial charge on any atom is -0.497 e. The minimum atomic E-state index is 0.212. The third-order valence-corrected chi connectivity index (χ3v) is 5.55. The van der Waals surface area contributed by atoms with E-state index in [1.54, 1.807) is 7.11 Å². The number of rotatable bonds is 5. The van der Waals surface area contributed by atoms with E-state index in [9.17, 15) is 4.79 Å². The van der Waals surface area contributed by atoms with Gasteiger partial charge in [0.2, 0.25) is 5.91 Å². The predicted octanol–water partition coefficient (Wildman–Crippen LogP) is 1.76. The normalized spacial score (nSPS) is 21.4. The first-order valence-electron chi connectivity index (χ1n) is 9.88. The SMILES string of the molecule is COc1cccc(CCC(=O)N2CCN(C3=CC4=NC[C@@H](C)N4C=N3)CC2)c1. The van der Waals surface area contributed by atoms with Crippen molar-refractivity contribution >= 4 is 18.1 Å². The molecule has 1 fully saturated rings. The number of aliphatic imine (C=N–C) groups is 2. The maximum atomic E-state index is 12.6. The molecule has 0 radical (unpaired) electrons. The minimum absolute atomic E-state index is 0.212. The van der Waals surface area contributed by atoms with Crippen molar-refractivity contribution in [3.63, 3.8) is 0 Å². The van der Waals surface area contributed by atoms with Gasteiger partial charge in [-0.25, -0.2) is 4.99 Å². The van der Waals surface area contributed by atoms with E-state index in [1.165, 1.54) is 0 Å². The Morgan fingerprint density at radius 2 is 2.07 bits per heavy atom. The fraction of sp³-hybridized carbons (Fsp3) is 0.476. The highest BCUT2D eigenvalue weighted by Gasteiger charge is 2.27. The molecule has 0 spiro atoms. The van der Waals surface area contributed by atoms with Gasteiger partial charge in [0.05, 0.1) is 26.0 Å². The van der Waals surface area contributed by atoms with Crippen LogP contribution in [0.4, 0.5) is 0 Å². The zero-order valence-electron chi connectivity index (χ0n) is 16.5. The molecule has 7 heteroatoms. The number of carbonyl (C=O) groups is 1. The smallest absolute Gasteiger partial charge is 0.223 e. The lowest BCUT2D eigenvalue weighted by Crippen LogP contribution is -2.48. The lowest BCUT2D eigenvalue weighted by molar-refractivity contribution is -0.132. The van der Waals surface area contributed by atoms with Crippen LogP contribution in [0.15, 0.2) is 46.1 Å². The highest BCUT2D eigenvalue weighted by molar-refractivity contribution is 6.03. The molecule has 0 aromatic heterocycles. The second kappa shape index (κ2) is 8.04. The molecule has 1 atom stereocenters. The van der Waals surface area contributed by atoms with Crippen LogP contribution in [0, 0.1) is 0 Å². The zero-order valence-corrected chi connectivity index (χ0v) is 16.5. The highest BCUT2D eigenvalue weighted by Crippen LogP contribution is 2.20. The maximum Gasteiger partial charge on any atom is 0.223 e. The number of benzene rings is 1. The summed E-state index contributed by atoms with van der Waals surface area (Å²) in [6, 6.07) is 8.30. The molecule has 1 aromatic rings. The van der Waals surface area contributed by atoms with E-state index < -0.39 is 0 Å². The van der Waals surface area contributed by atoms with E-state index in [1.807, 2.05) is 35.5 Å². The summed E-state index contributed by atoms with van der Waals surface area (Å²) in [5.41, 5.74) is 1.13. The summed E-state index contributed by atoms with van der Waals surface area (Å²) in [6.07, 6.45) is 5.21. The monoisotopic (exact) mass is 381 g/mol. The number of carbonyl (C=O) groups excluding carboxylic acids is 1. The molecular formula is C21H27N5O2. The number of hydrogen-bond acceptors (Lipinski definition) is 6. The number of amidine groups is 1. The van der Waals surface area contributed by atoms with Gasteiger partial charge in [0.25, 0.3) is 0 Å². The first kappa shape index (κ1) is 18.5. The molecule has 0 N–H and O–H groups in total. The number of fused-ring (bicyclic) bond motifs is 1. The standard InChI is InChI=1S/C21H27N5O2/c1-16-14-22-20-13-19(23-15-26(16)20)24-8-10-25(11-9-24)21(27)7-6-17-4-3-5-18(12-17)28-2/h3-5,12-13,15-16H,6-11,14H2,1-2H3/t16-/m1/s1. The molecule has 0 bridgehead atoms. The Kier molecular flexibility index (Phi) is 5.32. The molecule has 28 heavy (non-hydrogen) atoms. The van der Waals surface area contributed by atoms with Gasteiger partial charge in [0.1, 0.15) is 17.4 Å². The van der Waals surface area contributed by atoms with Gasteiger partial charge in [-0.1, -0.05) is 12.1 Å². The van der Waals surface area contributed by atoms with E-state index in [4.69, 9.17) is 4.74 Å². The molecule has 148 valence electrons. The molecule has 3 aliphatic heterocycles. The molecule has 0 aliphatic carbocycles. The van der Waals surface area contributed by atoms with Gasteiger partial charge in [0.15, 0.2) is 0 Å². The summed E-state index contributed by atoms with van der Waals surface area (Å²) in [5.74, 6) is 2.99. The quantitative estimate of drug-likeness (QED) is 0.780. The topological polar surface area (TPSA) is 60.7 Å². The Balaban J connectivity index is 1.27. The van der Waals surface area contributed by atoms with Crippen LogP contribution in [0.25, 0.3) is 0 Å². The number of piperazine rings is 1. The van der Waals surface area contributed by atoms with Gasteiger partial charge in [-0.15, -0.1) is 0 Å². The predicted molar refractivity (Wildman–Crippen MR) is 110 cm³/mol. The first-order chi connectivity index (χ1) is 13.6.